The van der Waals surface area contributed by atoms with Gasteiger partial charge in [-0.05, 0) is 19.3 Å². The van der Waals surface area contributed by atoms with E-state index in [-0.39, 0.29) is 19.3 Å². The molecule has 0 aliphatic heterocycles. The first kappa shape index (κ1) is 12.3. The molecule has 6 heteroatoms. The van der Waals surface area contributed by atoms with Crippen LogP contribution < -0.4 is 5.73 Å². The quantitative estimate of drug-likeness (QED) is 0.690. The lowest BCUT2D eigenvalue weighted by molar-refractivity contribution is -0.190. The maximum atomic E-state index is 12.4. The summed E-state index contributed by atoms with van der Waals surface area (Å²) in [5.41, 5.74) is 4.16. The SMILES string of the molecule is COC(=O)C1(N)CCCC(C(F)(F)F)C1. The van der Waals surface area contributed by atoms with Gasteiger partial charge in [0.1, 0.15) is 5.54 Å². The number of halogens is 3. The van der Waals surface area contributed by atoms with Gasteiger partial charge >= 0.3 is 12.1 Å². The van der Waals surface area contributed by atoms with Crippen molar-refractivity contribution in [3.05, 3.63) is 0 Å². The van der Waals surface area contributed by atoms with Gasteiger partial charge in [0, 0.05) is 0 Å². The van der Waals surface area contributed by atoms with Gasteiger partial charge < -0.3 is 10.5 Å². The molecule has 0 aromatic rings. The number of esters is 1. The molecule has 15 heavy (non-hydrogen) atoms. The molecule has 1 rings (SSSR count). The molecule has 0 aromatic heterocycles. The van der Waals surface area contributed by atoms with E-state index in [0.717, 1.165) is 7.11 Å². The summed E-state index contributed by atoms with van der Waals surface area (Å²) < 4.78 is 41.8. The van der Waals surface area contributed by atoms with Crippen LogP contribution in [0.2, 0.25) is 0 Å². The molecule has 1 aliphatic carbocycles. The molecule has 2 N–H and O–H groups in total. The van der Waals surface area contributed by atoms with E-state index >= 15 is 0 Å². The first-order valence-corrected chi connectivity index (χ1v) is 4.73. The van der Waals surface area contributed by atoms with Gasteiger partial charge in [0.15, 0.2) is 0 Å². The molecule has 0 saturated heterocycles. The number of rotatable bonds is 1. The maximum absolute atomic E-state index is 12.4. The molecule has 1 saturated carbocycles. The van der Waals surface area contributed by atoms with Crippen LogP contribution in [0.3, 0.4) is 0 Å². The summed E-state index contributed by atoms with van der Waals surface area (Å²) in [4.78, 5) is 11.2. The van der Waals surface area contributed by atoms with Crippen LogP contribution in [0.15, 0.2) is 0 Å². The van der Waals surface area contributed by atoms with Gasteiger partial charge in [-0.15, -0.1) is 0 Å². The topological polar surface area (TPSA) is 52.3 Å². The average molecular weight is 225 g/mol. The third-order valence-electron chi connectivity index (χ3n) is 2.84. The molecule has 88 valence electrons. The molecular formula is C9H14F3NO2. The molecular weight excluding hydrogens is 211 g/mol. The Kier molecular flexibility index (Phi) is 3.28. The van der Waals surface area contributed by atoms with Crippen LogP contribution in [0.25, 0.3) is 0 Å². The van der Waals surface area contributed by atoms with Crippen LogP contribution in [-0.2, 0) is 9.53 Å². The zero-order valence-electron chi connectivity index (χ0n) is 8.43. The number of methoxy groups -OCH3 is 1. The van der Waals surface area contributed by atoms with E-state index in [4.69, 9.17) is 5.73 Å². The molecule has 2 atom stereocenters. The fourth-order valence-electron chi connectivity index (χ4n) is 1.98. The first-order chi connectivity index (χ1) is 6.79. The highest BCUT2D eigenvalue weighted by Crippen LogP contribution is 2.41. The van der Waals surface area contributed by atoms with Crippen LogP contribution >= 0.6 is 0 Å². The number of nitrogens with two attached hydrogens (primary N) is 1. The number of carbonyl (C=O) groups excluding carboxylic acids is 1. The zero-order chi connectivity index (χ0) is 11.7. The lowest BCUT2D eigenvalue weighted by Crippen LogP contribution is -2.53. The second-order valence-corrected chi connectivity index (χ2v) is 3.98. The van der Waals surface area contributed by atoms with Crippen molar-refractivity contribution >= 4 is 5.97 Å². The van der Waals surface area contributed by atoms with Crippen LogP contribution in [0.4, 0.5) is 13.2 Å². The van der Waals surface area contributed by atoms with Crippen LogP contribution in [0, 0.1) is 5.92 Å². The van der Waals surface area contributed by atoms with Crippen LogP contribution in [0.5, 0.6) is 0 Å². The molecule has 1 aliphatic rings. The summed E-state index contributed by atoms with van der Waals surface area (Å²) in [6, 6.07) is 0. The average Bonchev–Trinajstić information content (AvgIpc) is 2.15. The summed E-state index contributed by atoms with van der Waals surface area (Å²) in [6.07, 6.45) is -4.05. The van der Waals surface area contributed by atoms with Crippen molar-refractivity contribution in [1.29, 1.82) is 0 Å². The molecule has 0 amide bonds. The highest BCUT2D eigenvalue weighted by molar-refractivity contribution is 5.80. The van der Waals surface area contributed by atoms with Crippen molar-refractivity contribution in [3.63, 3.8) is 0 Å². The van der Waals surface area contributed by atoms with Crippen LogP contribution in [-0.4, -0.2) is 24.8 Å². The first-order valence-electron chi connectivity index (χ1n) is 4.73. The van der Waals surface area contributed by atoms with Crippen molar-refractivity contribution < 1.29 is 22.7 Å². The predicted octanol–water partition coefficient (Wildman–Crippen LogP) is 1.61. The number of hydrogen-bond donors (Lipinski definition) is 1. The number of ether oxygens (including phenoxy) is 1. The number of carbonyl (C=O) groups is 1. The van der Waals surface area contributed by atoms with Crippen LogP contribution in [0.1, 0.15) is 25.7 Å². The Hall–Kier alpha value is -0.780. The monoisotopic (exact) mass is 225 g/mol. The summed E-state index contributed by atoms with van der Waals surface area (Å²) in [7, 11) is 1.13. The van der Waals surface area contributed by atoms with E-state index in [1.165, 1.54) is 0 Å². The van der Waals surface area contributed by atoms with Crippen molar-refractivity contribution in [2.45, 2.75) is 37.4 Å². The lowest BCUT2D eigenvalue weighted by atomic mass is 9.76. The molecule has 0 radical (unpaired) electrons. The van der Waals surface area contributed by atoms with Gasteiger partial charge in [0.2, 0.25) is 0 Å². The molecule has 0 heterocycles. The molecule has 2 unspecified atom stereocenters. The third-order valence-corrected chi connectivity index (χ3v) is 2.84. The van der Waals surface area contributed by atoms with E-state index < -0.39 is 23.6 Å². The second-order valence-electron chi connectivity index (χ2n) is 3.98. The van der Waals surface area contributed by atoms with Crippen molar-refractivity contribution in [3.8, 4) is 0 Å². The normalized spacial score (nSPS) is 32.5. The Labute approximate surface area is 85.8 Å². The fraction of sp³-hybridized carbons (Fsp3) is 0.889. The lowest BCUT2D eigenvalue weighted by Gasteiger charge is -2.36. The van der Waals surface area contributed by atoms with Gasteiger partial charge in [-0.1, -0.05) is 6.42 Å². The van der Waals surface area contributed by atoms with Gasteiger partial charge in [0.25, 0.3) is 0 Å². The van der Waals surface area contributed by atoms with E-state index in [1.807, 2.05) is 0 Å². The summed E-state index contributed by atoms with van der Waals surface area (Å²) in [5, 5.41) is 0. The van der Waals surface area contributed by atoms with Gasteiger partial charge in [-0.2, -0.15) is 13.2 Å². The smallest absolute Gasteiger partial charge is 0.391 e. The standard InChI is InChI=1S/C9H14F3NO2/c1-15-7(14)8(13)4-2-3-6(5-8)9(10,11)12/h6H,2-5,13H2,1H3. The molecule has 0 spiro atoms. The minimum Gasteiger partial charge on any atom is -0.468 e. The second kappa shape index (κ2) is 4.00. The molecule has 1 fully saturated rings. The summed E-state index contributed by atoms with van der Waals surface area (Å²) >= 11 is 0. The van der Waals surface area contributed by atoms with Crippen molar-refractivity contribution in [2.24, 2.45) is 11.7 Å². The largest absolute Gasteiger partial charge is 0.468 e. The minimum atomic E-state index is -4.28. The van der Waals surface area contributed by atoms with E-state index in [9.17, 15) is 18.0 Å². The fourth-order valence-corrected chi connectivity index (χ4v) is 1.98. The Bertz CT molecular complexity index is 254. The van der Waals surface area contributed by atoms with Gasteiger partial charge in [0.05, 0.1) is 13.0 Å². The van der Waals surface area contributed by atoms with Crippen molar-refractivity contribution in [2.75, 3.05) is 7.11 Å². The predicted molar refractivity (Wildman–Crippen MR) is 46.9 cm³/mol. The van der Waals surface area contributed by atoms with Gasteiger partial charge in [-0.3, -0.25) is 4.79 Å². The highest BCUT2D eigenvalue weighted by atomic mass is 19.4. The Morgan fingerprint density at radius 1 is 1.53 bits per heavy atom. The summed E-state index contributed by atoms with van der Waals surface area (Å²) in [5.74, 6) is -2.24. The maximum Gasteiger partial charge on any atom is 0.391 e. The molecule has 0 aromatic carbocycles. The number of hydrogen-bond acceptors (Lipinski definition) is 3. The summed E-state index contributed by atoms with van der Waals surface area (Å²) in [6.45, 7) is 0. The van der Waals surface area contributed by atoms with E-state index in [0.29, 0.717) is 6.42 Å². The van der Waals surface area contributed by atoms with E-state index in [1.54, 1.807) is 0 Å². The van der Waals surface area contributed by atoms with Crippen molar-refractivity contribution in [1.82, 2.24) is 0 Å². The van der Waals surface area contributed by atoms with E-state index in [2.05, 4.69) is 4.74 Å². The highest BCUT2D eigenvalue weighted by Gasteiger charge is 2.49. The van der Waals surface area contributed by atoms with Gasteiger partial charge in [-0.25, -0.2) is 0 Å². The molecule has 0 bridgehead atoms. The number of alkyl halides is 3. The molecule has 3 nitrogen and oxygen atoms in total. The Morgan fingerprint density at radius 3 is 2.60 bits per heavy atom. The third kappa shape index (κ3) is 2.62. The zero-order valence-corrected chi connectivity index (χ0v) is 8.43. The Balaban J connectivity index is 2.75. The minimum absolute atomic E-state index is 0.0411. The Morgan fingerprint density at radius 2 is 2.13 bits per heavy atom.